The molecule has 2 rings (SSSR count). The predicted octanol–water partition coefficient (Wildman–Crippen LogP) is 5.22. The molecule has 0 aliphatic carbocycles. The summed E-state index contributed by atoms with van der Waals surface area (Å²) in [6.07, 6.45) is 0. The quantitative estimate of drug-likeness (QED) is 0.677. The van der Waals surface area contributed by atoms with Crippen molar-refractivity contribution in [2.75, 3.05) is 0 Å². The molecule has 0 N–H and O–H groups in total. The summed E-state index contributed by atoms with van der Waals surface area (Å²) < 4.78 is 0.989. The van der Waals surface area contributed by atoms with Gasteiger partial charge >= 0.3 is 0 Å². The average Bonchev–Trinajstić information content (AvgIpc) is 2.23. The predicted molar refractivity (Wildman–Crippen MR) is 68.4 cm³/mol. The van der Waals surface area contributed by atoms with Crippen LogP contribution in [0, 0.1) is 6.07 Å². The largest absolute Gasteiger partial charge is 0.0827 e. The minimum absolute atomic E-state index is 0.564. The minimum atomic E-state index is 0.564. The summed E-state index contributed by atoms with van der Waals surface area (Å²) in [5.74, 6) is 0. The van der Waals surface area contributed by atoms with Gasteiger partial charge < -0.3 is 0 Å². The molecular formula is C12H6BrCl2. The zero-order valence-corrected chi connectivity index (χ0v) is 10.7. The summed E-state index contributed by atoms with van der Waals surface area (Å²) in [4.78, 5) is 0. The molecule has 0 spiro atoms. The molecule has 0 saturated heterocycles. The first kappa shape index (κ1) is 11.0. The molecule has 3 heteroatoms. The van der Waals surface area contributed by atoms with Crippen LogP contribution in [0.15, 0.2) is 40.9 Å². The zero-order valence-electron chi connectivity index (χ0n) is 7.60. The molecule has 15 heavy (non-hydrogen) atoms. The van der Waals surface area contributed by atoms with Crippen molar-refractivity contribution in [3.05, 3.63) is 57.0 Å². The first-order chi connectivity index (χ1) is 7.18. The van der Waals surface area contributed by atoms with Crippen molar-refractivity contribution in [2.45, 2.75) is 0 Å². The first-order valence-electron chi connectivity index (χ1n) is 4.29. The SMILES string of the molecule is Clc1ccc(-c2cc[c]cc2Br)cc1Cl. The first-order valence-corrected chi connectivity index (χ1v) is 5.84. The molecule has 0 aliphatic heterocycles. The lowest BCUT2D eigenvalue weighted by Gasteiger charge is -2.05. The van der Waals surface area contributed by atoms with Crippen LogP contribution in [0.25, 0.3) is 11.1 Å². The van der Waals surface area contributed by atoms with Crippen molar-refractivity contribution in [2.24, 2.45) is 0 Å². The van der Waals surface area contributed by atoms with Crippen LogP contribution in [0.2, 0.25) is 10.0 Å². The maximum atomic E-state index is 5.96. The van der Waals surface area contributed by atoms with E-state index < -0.39 is 0 Å². The maximum Gasteiger partial charge on any atom is 0.0598 e. The van der Waals surface area contributed by atoms with Crippen molar-refractivity contribution in [1.29, 1.82) is 0 Å². The van der Waals surface area contributed by atoms with Crippen molar-refractivity contribution in [3.8, 4) is 11.1 Å². The van der Waals surface area contributed by atoms with Gasteiger partial charge in [-0.1, -0.05) is 57.3 Å². The molecule has 0 aliphatic rings. The Morgan fingerprint density at radius 2 is 1.87 bits per heavy atom. The molecule has 0 heterocycles. The van der Waals surface area contributed by atoms with E-state index in [1.54, 1.807) is 6.07 Å². The van der Waals surface area contributed by atoms with Crippen LogP contribution in [0.4, 0.5) is 0 Å². The molecule has 0 amide bonds. The minimum Gasteiger partial charge on any atom is -0.0827 e. The second kappa shape index (κ2) is 4.56. The van der Waals surface area contributed by atoms with E-state index in [2.05, 4.69) is 22.0 Å². The Balaban J connectivity index is 2.55. The van der Waals surface area contributed by atoms with Gasteiger partial charge in [-0.15, -0.1) is 0 Å². The van der Waals surface area contributed by atoms with E-state index >= 15 is 0 Å². The Bertz CT molecular complexity index is 495. The van der Waals surface area contributed by atoms with Crippen molar-refractivity contribution >= 4 is 39.1 Å². The topological polar surface area (TPSA) is 0 Å². The standard InChI is InChI=1S/C12H6BrCl2/c13-10-4-2-1-3-9(10)8-5-6-11(14)12(15)7-8/h1,3-7H. The lowest BCUT2D eigenvalue weighted by molar-refractivity contribution is 1.58. The lowest BCUT2D eigenvalue weighted by Crippen LogP contribution is -1.80. The van der Waals surface area contributed by atoms with E-state index in [1.165, 1.54) is 0 Å². The molecule has 0 fully saturated rings. The van der Waals surface area contributed by atoms with Crippen LogP contribution >= 0.6 is 39.1 Å². The maximum absolute atomic E-state index is 5.96. The van der Waals surface area contributed by atoms with E-state index in [-0.39, 0.29) is 0 Å². The van der Waals surface area contributed by atoms with Gasteiger partial charge in [0, 0.05) is 4.47 Å². The monoisotopic (exact) mass is 299 g/mol. The number of hydrogen-bond donors (Lipinski definition) is 0. The summed E-state index contributed by atoms with van der Waals surface area (Å²) in [7, 11) is 0. The van der Waals surface area contributed by atoms with E-state index in [0.29, 0.717) is 10.0 Å². The van der Waals surface area contributed by atoms with Gasteiger partial charge in [0.1, 0.15) is 0 Å². The average molecular weight is 301 g/mol. The highest BCUT2D eigenvalue weighted by atomic mass is 79.9. The molecule has 75 valence electrons. The second-order valence-electron chi connectivity index (χ2n) is 3.03. The molecule has 2 aromatic carbocycles. The molecule has 0 saturated carbocycles. The Kier molecular flexibility index (Phi) is 3.35. The number of hydrogen-bond acceptors (Lipinski definition) is 0. The zero-order chi connectivity index (χ0) is 10.8. The molecule has 0 atom stereocenters. The molecular weight excluding hydrogens is 295 g/mol. The molecule has 2 aromatic rings. The highest BCUT2D eigenvalue weighted by Crippen LogP contribution is 2.32. The van der Waals surface area contributed by atoms with Crippen LogP contribution in [0.5, 0.6) is 0 Å². The number of benzene rings is 2. The van der Waals surface area contributed by atoms with Crippen LogP contribution in [0.3, 0.4) is 0 Å². The van der Waals surface area contributed by atoms with Crippen LogP contribution in [-0.4, -0.2) is 0 Å². The third-order valence-electron chi connectivity index (χ3n) is 2.04. The fourth-order valence-corrected chi connectivity index (χ4v) is 2.10. The third-order valence-corrected chi connectivity index (χ3v) is 3.44. The van der Waals surface area contributed by atoms with Gasteiger partial charge in [0.25, 0.3) is 0 Å². The van der Waals surface area contributed by atoms with E-state index in [9.17, 15) is 0 Å². The van der Waals surface area contributed by atoms with Crippen molar-refractivity contribution in [1.82, 2.24) is 0 Å². The van der Waals surface area contributed by atoms with Gasteiger partial charge in [0.05, 0.1) is 10.0 Å². The molecule has 0 unspecified atom stereocenters. The fraction of sp³-hybridized carbons (Fsp3) is 0. The number of rotatable bonds is 1. The van der Waals surface area contributed by atoms with Crippen LogP contribution < -0.4 is 0 Å². The highest BCUT2D eigenvalue weighted by Gasteiger charge is 2.04. The van der Waals surface area contributed by atoms with Gasteiger partial charge in [0.2, 0.25) is 0 Å². The Labute approximate surface area is 107 Å². The van der Waals surface area contributed by atoms with Gasteiger partial charge in [0.15, 0.2) is 0 Å². The highest BCUT2D eigenvalue weighted by molar-refractivity contribution is 9.10. The normalized spacial score (nSPS) is 10.3. The smallest absolute Gasteiger partial charge is 0.0598 e. The summed E-state index contributed by atoms with van der Waals surface area (Å²) >= 11 is 15.3. The fourth-order valence-electron chi connectivity index (χ4n) is 1.31. The van der Waals surface area contributed by atoms with Gasteiger partial charge in [-0.2, -0.15) is 0 Å². The number of halogens is 3. The molecule has 0 bridgehead atoms. The van der Waals surface area contributed by atoms with E-state index in [1.807, 2.05) is 30.3 Å². The Morgan fingerprint density at radius 3 is 2.53 bits per heavy atom. The second-order valence-corrected chi connectivity index (χ2v) is 4.70. The third kappa shape index (κ3) is 2.36. The summed E-state index contributed by atoms with van der Waals surface area (Å²) in [5, 5.41) is 1.13. The van der Waals surface area contributed by atoms with Crippen LogP contribution in [-0.2, 0) is 0 Å². The molecule has 0 nitrogen and oxygen atoms in total. The van der Waals surface area contributed by atoms with Crippen LogP contribution in [0.1, 0.15) is 0 Å². The lowest BCUT2D eigenvalue weighted by atomic mass is 10.1. The Morgan fingerprint density at radius 1 is 1.07 bits per heavy atom. The summed E-state index contributed by atoms with van der Waals surface area (Å²) in [5.41, 5.74) is 2.11. The van der Waals surface area contributed by atoms with Gasteiger partial charge in [-0.3, -0.25) is 0 Å². The Hall–Kier alpha value is -0.500. The van der Waals surface area contributed by atoms with E-state index in [0.717, 1.165) is 15.6 Å². The van der Waals surface area contributed by atoms with Crippen molar-refractivity contribution < 1.29 is 0 Å². The van der Waals surface area contributed by atoms with Gasteiger partial charge in [-0.25, -0.2) is 0 Å². The van der Waals surface area contributed by atoms with Crippen molar-refractivity contribution in [3.63, 3.8) is 0 Å². The summed E-state index contributed by atoms with van der Waals surface area (Å²) in [6, 6.07) is 14.3. The molecule has 1 radical (unpaired) electrons. The van der Waals surface area contributed by atoms with Gasteiger partial charge in [-0.05, 0) is 35.4 Å². The summed E-state index contributed by atoms with van der Waals surface area (Å²) in [6.45, 7) is 0. The van der Waals surface area contributed by atoms with E-state index in [4.69, 9.17) is 23.2 Å². The molecule has 0 aromatic heterocycles.